The van der Waals surface area contributed by atoms with Crippen molar-refractivity contribution in [1.29, 1.82) is 5.26 Å². The van der Waals surface area contributed by atoms with Crippen molar-refractivity contribution >= 4 is 16.7 Å². The van der Waals surface area contributed by atoms with E-state index in [-0.39, 0.29) is 24.2 Å². The van der Waals surface area contributed by atoms with Gasteiger partial charge in [-0.3, -0.25) is 14.4 Å². The van der Waals surface area contributed by atoms with Gasteiger partial charge in [-0.25, -0.2) is 0 Å². The number of nitriles is 1. The molecule has 0 spiro atoms. The molecule has 0 amide bonds. The lowest BCUT2D eigenvalue weighted by Gasteiger charge is -2.49. The first kappa shape index (κ1) is 25.3. The van der Waals surface area contributed by atoms with Crippen molar-refractivity contribution in [2.24, 2.45) is 7.05 Å². The maximum Gasteiger partial charge on any atom is 0.252 e. The molecule has 1 aliphatic carbocycles. The van der Waals surface area contributed by atoms with E-state index in [9.17, 15) is 10.1 Å². The first-order valence-corrected chi connectivity index (χ1v) is 13.5. The molecule has 0 radical (unpaired) electrons. The summed E-state index contributed by atoms with van der Waals surface area (Å²) >= 11 is 0. The van der Waals surface area contributed by atoms with Gasteiger partial charge in [0.25, 0.3) is 5.56 Å². The maximum absolute atomic E-state index is 12.9. The Hall–Kier alpha value is -3.31. The number of fused-ring (bicyclic) bond motifs is 1. The Bertz CT molecular complexity index is 1380. The molecule has 37 heavy (non-hydrogen) atoms. The highest BCUT2D eigenvalue weighted by molar-refractivity contribution is 5.88. The van der Waals surface area contributed by atoms with Gasteiger partial charge < -0.3 is 14.2 Å². The number of piperazine rings is 1. The summed E-state index contributed by atoms with van der Waals surface area (Å²) in [6, 6.07) is 11.4. The number of rotatable bonds is 8. The summed E-state index contributed by atoms with van der Waals surface area (Å²) in [6.45, 7) is 8.60. The van der Waals surface area contributed by atoms with Crippen molar-refractivity contribution in [3.05, 3.63) is 51.9 Å². The minimum atomic E-state index is -0.0572. The van der Waals surface area contributed by atoms with E-state index in [1.165, 1.54) is 24.0 Å². The molecule has 1 saturated heterocycles. The van der Waals surface area contributed by atoms with Gasteiger partial charge in [-0.05, 0) is 50.2 Å². The average Bonchev–Trinajstić information content (AvgIpc) is 3.69. The summed E-state index contributed by atoms with van der Waals surface area (Å²) in [6.07, 6.45) is 6.31. The maximum atomic E-state index is 12.9. The van der Waals surface area contributed by atoms with Crippen molar-refractivity contribution < 1.29 is 4.74 Å². The number of ether oxygens (including phenoxy) is 1. The Balaban J connectivity index is 1.49. The van der Waals surface area contributed by atoms with Crippen LogP contribution < -0.4 is 15.2 Å². The number of hydrogen-bond acceptors (Lipinski definition) is 6. The molecule has 3 heterocycles. The third-order valence-electron chi connectivity index (χ3n) is 8.41. The van der Waals surface area contributed by atoms with Crippen molar-refractivity contribution in [3.8, 4) is 11.8 Å². The van der Waals surface area contributed by atoms with Crippen LogP contribution in [0.4, 0.5) is 5.69 Å². The van der Waals surface area contributed by atoms with Gasteiger partial charge in [-0.1, -0.05) is 26.0 Å². The van der Waals surface area contributed by atoms with Gasteiger partial charge in [0.05, 0.1) is 30.6 Å². The predicted octanol–water partition coefficient (Wildman–Crippen LogP) is 4.58. The quantitative estimate of drug-likeness (QED) is 0.448. The second kappa shape index (κ2) is 10.2. The van der Waals surface area contributed by atoms with Crippen molar-refractivity contribution in [3.63, 3.8) is 0 Å². The summed E-state index contributed by atoms with van der Waals surface area (Å²) in [5.74, 6) is 1.68. The monoisotopic (exact) mass is 502 g/mol. The summed E-state index contributed by atoms with van der Waals surface area (Å²) in [4.78, 5) is 17.9. The van der Waals surface area contributed by atoms with E-state index >= 15 is 0 Å². The molecule has 0 bridgehead atoms. The fourth-order valence-electron chi connectivity index (χ4n) is 5.99. The summed E-state index contributed by atoms with van der Waals surface area (Å²) in [5.41, 5.74) is 4.99. The number of aromatic nitrogens is 3. The first-order valence-electron chi connectivity index (χ1n) is 13.5. The van der Waals surface area contributed by atoms with Crippen LogP contribution in [0, 0.1) is 11.3 Å². The van der Waals surface area contributed by atoms with Crippen LogP contribution in [-0.4, -0.2) is 51.5 Å². The minimum absolute atomic E-state index is 0.0572. The van der Waals surface area contributed by atoms with Gasteiger partial charge in [-0.15, -0.1) is 0 Å². The lowest BCUT2D eigenvalue weighted by atomic mass is 9.95. The van der Waals surface area contributed by atoms with Gasteiger partial charge >= 0.3 is 0 Å². The van der Waals surface area contributed by atoms with Crippen LogP contribution in [0.3, 0.4) is 0 Å². The average molecular weight is 503 g/mol. The normalized spacial score (nSPS) is 21.2. The zero-order valence-electron chi connectivity index (χ0n) is 22.6. The van der Waals surface area contributed by atoms with Gasteiger partial charge in [0.15, 0.2) is 0 Å². The van der Waals surface area contributed by atoms with E-state index < -0.39 is 0 Å². The summed E-state index contributed by atoms with van der Waals surface area (Å²) in [7, 11) is 3.54. The van der Waals surface area contributed by atoms with Crippen molar-refractivity contribution in [2.75, 3.05) is 25.1 Å². The fraction of sp³-hybridized carbons (Fsp3) is 0.552. The number of nitrogens with zero attached hydrogens (tertiary/aromatic N) is 6. The van der Waals surface area contributed by atoms with E-state index in [4.69, 9.17) is 9.84 Å². The third kappa shape index (κ3) is 4.61. The van der Waals surface area contributed by atoms with Crippen LogP contribution >= 0.6 is 0 Å². The minimum Gasteiger partial charge on any atom is -0.496 e. The predicted molar refractivity (Wildman–Crippen MR) is 146 cm³/mol. The van der Waals surface area contributed by atoms with E-state index in [2.05, 4.69) is 54.8 Å². The van der Waals surface area contributed by atoms with Gasteiger partial charge in [0, 0.05) is 49.9 Å². The molecule has 3 aromatic rings. The molecule has 2 fully saturated rings. The Morgan fingerprint density at radius 3 is 2.57 bits per heavy atom. The number of pyridine rings is 1. The van der Waals surface area contributed by atoms with E-state index in [1.54, 1.807) is 35.7 Å². The molecule has 196 valence electrons. The number of hydrogen-bond donors (Lipinski definition) is 0. The topological polar surface area (TPSA) is 79.3 Å². The van der Waals surface area contributed by atoms with Gasteiger partial charge in [-0.2, -0.15) is 10.4 Å². The Kier molecular flexibility index (Phi) is 7.00. The zero-order chi connectivity index (χ0) is 26.3. The lowest BCUT2D eigenvalue weighted by molar-refractivity contribution is 0.0998. The van der Waals surface area contributed by atoms with Crippen LogP contribution in [0.25, 0.3) is 11.0 Å². The molecule has 1 aliphatic heterocycles. The van der Waals surface area contributed by atoms with E-state index in [0.29, 0.717) is 12.0 Å². The Morgan fingerprint density at radius 2 is 1.92 bits per heavy atom. The van der Waals surface area contributed by atoms with Crippen LogP contribution in [-0.2, 0) is 13.6 Å². The summed E-state index contributed by atoms with van der Waals surface area (Å²) in [5, 5.41) is 13.9. The molecular weight excluding hydrogens is 464 g/mol. The largest absolute Gasteiger partial charge is 0.496 e. The third-order valence-corrected chi connectivity index (χ3v) is 8.41. The second-order valence-electron chi connectivity index (χ2n) is 10.6. The van der Waals surface area contributed by atoms with Crippen LogP contribution in [0.1, 0.15) is 69.5 Å². The molecule has 1 aromatic carbocycles. The fourth-order valence-corrected chi connectivity index (χ4v) is 5.99. The zero-order valence-corrected chi connectivity index (χ0v) is 22.6. The number of anilines is 1. The molecule has 8 heteroatoms. The van der Waals surface area contributed by atoms with E-state index in [0.717, 1.165) is 48.4 Å². The first-order chi connectivity index (χ1) is 17.9. The molecule has 1 saturated carbocycles. The number of methoxy groups -OCH3 is 1. The molecule has 2 aromatic heterocycles. The van der Waals surface area contributed by atoms with Gasteiger partial charge in [0.2, 0.25) is 0 Å². The smallest absolute Gasteiger partial charge is 0.252 e. The Morgan fingerprint density at radius 1 is 1.16 bits per heavy atom. The van der Waals surface area contributed by atoms with Crippen LogP contribution in [0.2, 0.25) is 0 Å². The molecular formula is C29H38N6O2. The van der Waals surface area contributed by atoms with E-state index in [1.807, 2.05) is 0 Å². The molecule has 2 aliphatic rings. The lowest BCUT2D eigenvalue weighted by Crippen LogP contribution is -2.58. The van der Waals surface area contributed by atoms with Gasteiger partial charge in [0.1, 0.15) is 17.8 Å². The van der Waals surface area contributed by atoms with Crippen LogP contribution in [0.15, 0.2) is 35.3 Å². The SMILES string of the molecule is CC[C@H]1CN([C@@H](C)c2ccc(C3CC3)cc2OC)[C@H](CC)CN1c1cc(=O)n(C)c2cn(CC#N)nc12. The summed E-state index contributed by atoms with van der Waals surface area (Å²) < 4.78 is 9.12. The standard InChI is InChI=1S/C29H38N6O2/c1-6-22-17-35(25-15-28(36)32(4)26-18-33(13-12-30)31-29(25)26)23(7-2)16-34(22)19(3)24-11-10-21(20-8-9-20)14-27(24)37-5/h10-11,14-15,18-20,22-23H,6-9,13,16-17H2,1-5H3/t19-,22+,23-/m0/s1. The molecule has 0 N–H and O–H groups in total. The molecule has 0 unspecified atom stereocenters. The molecule has 5 rings (SSSR count). The highest BCUT2D eigenvalue weighted by Crippen LogP contribution is 2.43. The highest BCUT2D eigenvalue weighted by atomic mass is 16.5. The number of benzene rings is 1. The van der Waals surface area contributed by atoms with Crippen LogP contribution in [0.5, 0.6) is 5.75 Å². The van der Waals surface area contributed by atoms with Crippen molar-refractivity contribution in [2.45, 2.75) is 77.0 Å². The second-order valence-corrected chi connectivity index (χ2v) is 10.6. The Labute approximate surface area is 219 Å². The highest BCUT2D eigenvalue weighted by Gasteiger charge is 2.37. The molecule has 3 atom stereocenters. The number of aryl methyl sites for hydroxylation is 1. The van der Waals surface area contributed by atoms with Crippen molar-refractivity contribution in [1.82, 2.24) is 19.2 Å². The molecule has 8 nitrogen and oxygen atoms in total.